The molecule has 0 aromatic carbocycles. The molecule has 14 heavy (non-hydrogen) atoms. The average Bonchev–Trinajstić information content (AvgIpc) is 2.16. The third-order valence-corrected chi connectivity index (χ3v) is 2.97. The number of hydrogen-bond acceptors (Lipinski definition) is 2. The second-order valence-corrected chi connectivity index (χ2v) is 4.01. The van der Waals surface area contributed by atoms with Gasteiger partial charge >= 0.3 is 0 Å². The maximum absolute atomic E-state index is 11.9. The molecule has 0 radical (unpaired) electrons. The van der Waals surface area contributed by atoms with Crippen molar-refractivity contribution in [3.8, 4) is 0 Å². The molecule has 1 aliphatic carbocycles. The van der Waals surface area contributed by atoms with Crippen LogP contribution in [0, 0.1) is 5.92 Å². The summed E-state index contributed by atoms with van der Waals surface area (Å²) in [6, 6.07) is -0.0588. The van der Waals surface area contributed by atoms with Crippen molar-refractivity contribution in [2.75, 3.05) is 6.61 Å². The average molecular weight is 207 g/mol. The van der Waals surface area contributed by atoms with Crippen LogP contribution in [0.1, 0.15) is 32.6 Å². The second kappa shape index (κ2) is 5.61. The molecule has 0 aliphatic heterocycles. The van der Waals surface area contributed by atoms with Crippen molar-refractivity contribution in [3.63, 3.8) is 0 Å². The van der Waals surface area contributed by atoms with Gasteiger partial charge in [0.15, 0.2) is 0 Å². The molecular formula is C10H19F2NO. The van der Waals surface area contributed by atoms with Crippen molar-refractivity contribution in [1.82, 2.24) is 0 Å². The molecule has 3 unspecified atom stereocenters. The standard InChI is InChI=1S/C10H19F2NO/c1-2-7-3-4-8(13)9(5-7)14-6-10(11)12/h7-10H,2-6,13H2,1H3. The number of ether oxygens (including phenoxy) is 1. The van der Waals surface area contributed by atoms with Crippen molar-refractivity contribution in [2.45, 2.75) is 51.2 Å². The summed E-state index contributed by atoms with van der Waals surface area (Å²) in [6.45, 7) is 1.64. The van der Waals surface area contributed by atoms with Crippen LogP contribution >= 0.6 is 0 Å². The largest absolute Gasteiger partial charge is 0.371 e. The summed E-state index contributed by atoms with van der Waals surface area (Å²) < 4.78 is 29.0. The van der Waals surface area contributed by atoms with Crippen LogP contribution in [0.4, 0.5) is 8.78 Å². The van der Waals surface area contributed by atoms with Gasteiger partial charge in [0.25, 0.3) is 6.43 Å². The molecule has 0 amide bonds. The predicted octanol–water partition coefficient (Wildman–Crippen LogP) is 2.17. The Morgan fingerprint density at radius 3 is 2.71 bits per heavy atom. The van der Waals surface area contributed by atoms with Crippen LogP contribution in [0.25, 0.3) is 0 Å². The Morgan fingerprint density at radius 1 is 1.43 bits per heavy atom. The number of alkyl halides is 2. The van der Waals surface area contributed by atoms with Crippen LogP contribution in [0.15, 0.2) is 0 Å². The first-order valence-corrected chi connectivity index (χ1v) is 5.28. The van der Waals surface area contributed by atoms with Gasteiger partial charge in [0.05, 0.1) is 6.10 Å². The molecule has 1 rings (SSSR count). The van der Waals surface area contributed by atoms with Gasteiger partial charge in [0.1, 0.15) is 6.61 Å². The monoisotopic (exact) mass is 207 g/mol. The normalized spacial score (nSPS) is 33.6. The SMILES string of the molecule is CCC1CCC(N)C(OCC(F)F)C1. The lowest BCUT2D eigenvalue weighted by Gasteiger charge is -2.33. The fourth-order valence-corrected chi connectivity index (χ4v) is 1.99. The van der Waals surface area contributed by atoms with Gasteiger partial charge in [-0.05, 0) is 25.2 Å². The third kappa shape index (κ3) is 3.50. The van der Waals surface area contributed by atoms with E-state index in [1.54, 1.807) is 0 Å². The van der Waals surface area contributed by atoms with Crippen molar-refractivity contribution in [3.05, 3.63) is 0 Å². The molecule has 0 aromatic heterocycles. The Kier molecular flexibility index (Phi) is 4.75. The summed E-state index contributed by atoms with van der Waals surface area (Å²) in [5, 5.41) is 0. The Bertz CT molecular complexity index is 166. The molecule has 4 heteroatoms. The molecule has 0 heterocycles. The molecule has 3 atom stereocenters. The maximum Gasteiger partial charge on any atom is 0.261 e. The van der Waals surface area contributed by atoms with E-state index in [9.17, 15) is 8.78 Å². The first kappa shape index (κ1) is 11.9. The molecule has 1 saturated carbocycles. The Balaban J connectivity index is 2.32. The summed E-state index contributed by atoms with van der Waals surface area (Å²) in [5.41, 5.74) is 5.81. The first-order valence-electron chi connectivity index (χ1n) is 5.28. The van der Waals surface area contributed by atoms with E-state index < -0.39 is 13.0 Å². The molecule has 84 valence electrons. The van der Waals surface area contributed by atoms with Gasteiger partial charge in [-0.2, -0.15) is 0 Å². The fourth-order valence-electron chi connectivity index (χ4n) is 1.99. The highest BCUT2D eigenvalue weighted by atomic mass is 19.3. The molecule has 0 bridgehead atoms. The molecule has 0 spiro atoms. The predicted molar refractivity (Wildman–Crippen MR) is 51.4 cm³/mol. The van der Waals surface area contributed by atoms with Gasteiger partial charge in [0.2, 0.25) is 0 Å². The molecule has 0 saturated heterocycles. The molecule has 0 aromatic rings. The highest BCUT2D eigenvalue weighted by Crippen LogP contribution is 2.28. The Morgan fingerprint density at radius 2 is 2.14 bits per heavy atom. The summed E-state index contributed by atoms with van der Waals surface area (Å²) in [4.78, 5) is 0. The zero-order valence-corrected chi connectivity index (χ0v) is 8.59. The zero-order chi connectivity index (χ0) is 10.6. The fraction of sp³-hybridized carbons (Fsp3) is 1.00. The van der Waals surface area contributed by atoms with Crippen LogP contribution in [0.3, 0.4) is 0 Å². The first-order chi connectivity index (χ1) is 6.63. The topological polar surface area (TPSA) is 35.2 Å². The second-order valence-electron chi connectivity index (χ2n) is 4.01. The van der Waals surface area contributed by atoms with E-state index in [0.717, 1.165) is 25.7 Å². The molecule has 1 aliphatic rings. The summed E-state index contributed by atoms with van der Waals surface area (Å²) in [5.74, 6) is 0.595. The van der Waals surface area contributed by atoms with E-state index in [2.05, 4.69) is 6.92 Å². The van der Waals surface area contributed by atoms with Gasteiger partial charge < -0.3 is 10.5 Å². The molecular weight excluding hydrogens is 188 g/mol. The van der Waals surface area contributed by atoms with Crippen LogP contribution in [0.2, 0.25) is 0 Å². The molecule has 2 N–H and O–H groups in total. The highest BCUT2D eigenvalue weighted by molar-refractivity contribution is 4.82. The van der Waals surface area contributed by atoms with E-state index in [4.69, 9.17) is 10.5 Å². The summed E-state index contributed by atoms with van der Waals surface area (Å²) in [6.07, 6.45) is 1.37. The molecule has 1 fully saturated rings. The Hall–Kier alpha value is -0.220. The van der Waals surface area contributed by atoms with E-state index in [-0.39, 0.29) is 12.1 Å². The van der Waals surface area contributed by atoms with Gasteiger partial charge in [-0.25, -0.2) is 8.78 Å². The van der Waals surface area contributed by atoms with Crippen LogP contribution in [-0.4, -0.2) is 25.2 Å². The number of hydrogen-bond donors (Lipinski definition) is 1. The van der Waals surface area contributed by atoms with Gasteiger partial charge in [0, 0.05) is 6.04 Å². The van der Waals surface area contributed by atoms with Crippen molar-refractivity contribution < 1.29 is 13.5 Å². The van der Waals surface area contributed by atoms with Crippen LogP contribution in [0.5, 0.6) is 0 Å². The smallest absolute Gasteiger partial charge is 0.261 e. The lowest BCUT2D eigenvalue weighted by molar-refractivity contribution is -0.0527. The van der Waals surface area contributed by atoms with E-state index >= 15 is 0 Å². The summed E-state index contributed by atoms with van der Waals surface area (Å²) in [7, 11) is 0. The van der Waals surface area contributed by atoms with Gasteiger partial charge in [-0.15, -0.1) is 0 Å². The maximum atomic E-state index is 11.9. The van der Waals surface area contributed by atoms with Crippen molar-refractivity contribution >= 4 is 0 Å². The minimum atomic E-state index is -2.38. The highest BCUT2D eigenvalue weighted by Gasteiger charge is 2.28. The Labute approximate surface area is 83.8 Å². The minimum Gasteiger partial charge on any atom is -0.371 e. The van der Waals surface area contributed by atoms with Crippen molar-refractivity contribution in [2.24, 2.45) is 11.7 Å². The van der Waals surface area contributed by atoms with Crippen LogP contribution < -0.4 is 5.73 Å². The number of rotatable bonds is 4. The zero-order valence-electron chi connectivity index (χ0n) is 8.59. The van der Waals surface area contributed by atoms with Crippen molar-refractivity contribution in [1.29, 1.82) is 0 Å². The lowest BCUT2D eigenvalue weighted by atomic mass is 9.83. The van der Waals surface area contributed by atoms with Gasteiger partial charge in [-0.3, -0.25) is 0 Å². The number of nitrogens with two attached hydrogens (primary N) is 1. The summed E-state index contributed by atoms with van der Waals surface area (Å²) >= 11 is 0. The number of halogens is 2. The van der Waals surface area contributed by atoms with Gasteiger partial charge in [-0.1, -0.05) is 13.3 Å². The minimum absolute atomic E-state index is 0.0588. The lowest BCUT2D eigenvalue weighted by Crippen LogP contribution is -2.42. The van der Waals surface area contributed by atoms with E-state index in [1.165, 1.54) is 0 Å². The van der Waals surface area contributed by atoms with E-state index in [1.807, 2.05) is 0 Å². The third-order valence-electron chi connectivity index (χ3n) is 2.97. The quantitative estimate of drug-likeness (QED) is 0.766. The van der Waals surface area contributed by atoms with E-state index in [0.29, 0.717) is 5.92 Å². The molecule has 2 nitrogen and oxygen atoms in total. The van der Waals surface area contributed by atoms with Crippen LogP contribution in [-0.2, 0) is 4.74 Å².